The second-order valence-corrected chi connectivity index (χ2v) is 7.59. The molecule has 7 heteroatoms. The maximum Gasteiger partial charge on any atom is 0.320 e. The molecule has 2 aromatic rings. The zero-order chi connectivity index (χ0) is 20.9. The van der Waals surface area contributed by atoms with Crippen molar-refractivity contribution in [1.82, 2.24) is 10.3 Å². The van der Waals surface area contributed by atoms with E-state index in [9.17, 15) is 4.79 Å². The Hall–Kier alpha value is -2.93. The van der Waals surface area contributed by atoms with Crippen LogP contribution in [-0.4, -0.2) is 36.0 Å². The van der Waals surface area contributed by atoms with Crippen molar-refractivity contribution in [3.63, 3.8) is 0 Å². The molecule has 7 nitrogen and oxygen atoms in total. The fourth-order valence-corrected chi connectivity index (χ4v) is 3.60. The van der Waals surface area contributed by atoms with E-state index in [0.717, 1.165) is 29.9 Å². The van der Waals surface area contributed by atoms with Crippen molar-refractivity contribution in [1.29, 1.82) is 5.41 Å². The van der Waals surface area contributed by atoms with Crippen molar-refractivity contribution in [2.45, 2.75) is 45.3 Å². The number of pyridine rings is 1. The minimum Gasteiger partial charge on any atom is -0.383 e. The summed E-state index contributed by atoms with van der Waals surface area (Å²) < 4.78 is 6.21. The Bertz CT molecular complexity index is 867. The highest BCUT2D eigenvalue weighted by Gasteiger charge is 2.33. The van der Waals surface area contributed by atoms with Gasteiger partial charge in [0.2, 0.25) is 0 Å². The molecule has 4 N–H and O–H groups in total. The monoisotopic (exact) mass is 395 g/mol. The fraction of sp³-hybridized carbons (Fsp3) is 0.409. The van der Waals surface area contributed by atoms with Gasteiger partial charge in [0, 0.05) is 24.9 Å². The molecule has 1 aromatic carbocycles. The molecule has 0 radical (unpaired) electrons. The van der Waals surface area contributed by atoms with Crippen molar-refractivity contribution >= 4 is 23.8 Å². The number of benzene rings is 1. The molecule has 0 unspecified atom stereocenters. The Balaban J connectivity index is 1.97. The highest BCUT2D eigenvalue weighted by molar-refractivity contribution is 5.92. The molecule has 1 atom stereocenters. The quantitative estimate of drug-likeness (QED) is 0.585. The maximum atomic E-state index is 12.8. The first kappa shape index (κ1) is 20.8. The summed E-state index contributed by atoms with van der Waals surface area (Å²) in [5.41, 5.74) is 2.74. The molecule has 3 rings (SSSR count). The summed E-state index contributed by atoms with van der Waals surface area (Å²) in [6.07, 6.45) is 2.75. The second-order valence-electron chi connectivity index (χ2n) is 7.59. The standard InChI is InChI=1S/C22H29N5O2/c1-4-24-19-16(14-23)13-18-25-17(19)11-8-12-29-22(2,3)20(27-21(28)26-18)15-9-6-5-7-10-15/h5-7,9-10,13-14,20,23-24H,4,8,11-12H2,1-3H3,(H2,25,26,27,28)/t20-/m0/s1. The summed E-state index contributed by atoms with van der Waals surface area (Å²) in [5, 5.41) is 16.9. The number of amides is 2. The average molecular weight is 396 g/mol. The molecule has 2 heterocycles. The van der Waals surface area contributed by atoms with Crippen LogP contribution in [0.2, 0.25) is 0 Å². The zero-order valence-corrected chi connectivity index (χ0v) is 17.2. The fourth-order valence-electron chi connectivity index (χ4n) is 3.60. The average Bonchev–Trinajstić information content (AvgIpc) is 2.70. The third kappa shape index (κ3) is 4.92. The lowest BCUT2D eigenvalue weighted by Crippen LogP contribution is -2.46. The smallest absolute Gasteiger partial charge is 0.320 e. The summed E-state index contributed by atoms with van der Waals surface area (Å²) in [5.74, 6) is 0.434. The normalized spacial score (nSPS) is 19.1. The lowest BCUT2D eigenvalue weighted by atomic mass is 9.91. The molecule has 29 heavy (non-hydrogen) atoms. The van der Waals surface area contributed by atoms with Crippen LogP contribution < -0.4 is 16.0 Å². The first-order valence-electron chi connectivity index (χ1n) is 9.99. The van der Waals surface area contributed by atoms with Crippen LogP contribution in [0.5, 0.6) is 0 Å². The van der Waals surface area contributed by atoms with Crippen LogP contribution in [0.3, 0.4) is 0 Å². The number of rotatable bonds is 4. The van der Waals surface area contributed by atoms with Gasteiger partial charge in [0.05, 0.1) is 23.0 Å². The van der Waals surface area contributed by atoms with E-state index in [0.29, 0.717) is 24.4 Å². The molecule has 2 amide bonds. The van der Waals surface area contributed by atoms with Gasteiger partial charge < -0.3 is 20.8 Å². The predicted molar refractivity (Wildman–Crippen MR) is 116 cm³/mol. The minimum absolute atomic E-state index is 0.328. The van der Waals surface area contributed by atoms with Crippen LogP contribution in [0.1, 0.15) is 50.1 Å². The SMILES string of the molecule is CCNc1c(C=N)cc2nc1CCCOC(C)(C)[C@H](c1ccccc1)NC(=O)N2. The summed E-state index contributed by atoms with van der Waals surface area (Å²) in [4.78, 5) is 17.4. The molecule has 1 aromatic heterocycles. The summed E-state index contributed by atoms with van der Waals surface area (Å²) in [7, 11) is 0. The number of nitrogens with zero attached hydrogens (tertiary/aromatic N) is 1. The Morgan fingerprint density at radius 2 is 2.10 bits per heavy atom. The number of carbonyl (C=O) groups is 1. The Morgan fingerprint density at radius 3 is 2.79 bits per heavy atom. The summed E-state index contributed by atoms with van der Waals surface area (Å²) >= 11 is 0. The molecule has 0 fully saturated rings. The van der Waals surface area contributed by atoms with Crippen LogP contribution in [0.15, 0.2) is 36.4 Å². The number of urea groups is 1. The van der Waals surface area contributed by atoms with E-state index in [1.807, 2.05) is 51.1 Å². The molecule has 0 aliphatic carbocycles. The first-order valence-corrected chi connectivity index (χ1v) is 9.99. The Kier molecular flexibility index (Phi) is 6.49. The number of hydrogen-bond acceptors (Lipinski definition) is 5. The van der Waals surface area contributed by atoms with Gasteiger partial charge in [0.25, 0.3) is 0 Å². The van der Waals surface area contributed by atoms with E-state index in [4.69, 9.17) is 10.1 Å². The number of ether oxygens (including phenoxy) is 1. The Labute approximate surface area is 171 Å². The van der Waals surface area contributed by atoms with E-state index in [1.165, 1.54) is 6.21 Å². The molecule has 154 valence electrons. The zero-order valence-electron chi connectivity index (χ0n) is 17.2. The number of carbonyl (C=O) groups excluding carboxylic acids is 1. The molecular formula is C22H29N5O2. The van der Waals surface area contributed by atoms with Crippen LogP contribution in [0.25, 0.3) is 0 Å². The number of aromatic nitrogens is 1. The first-order chi connectivity index (χ1) is 13.9. The third-order valence-corrected chi connectivity index (χ3v) is 5.01. The Morgan fingerprint density at radius 1 is 1.34 bits per heavy atom. The van der Waals surface area contributed by atoms with Gasteiger partial charge in [-0.05, 0) is 45.2 Å². The lowest BCUT2D eigenvalue weighted by Gasteiger charge is -2.35. The van der Waals surface area contributed by atoms with Crippen LogP contribution in [-0.2, 0) is 11.2 Å². The largest absolute Gasteiger partial charge is 0.383 e. The molecular weight excluding hydrogens is 366 g/mol. The van der Waals surface area contributed by atoms with E-state index in [-0.39, 0.29) is 12.1 Å². The molecule has 0 spiro atoms. The third-order valence-electron chi connectivity index (χ3n) is 5.01. The number of anilines is 2. The van der Waals surface area contributed by atoms with Crippen LogP contribution in [0, 0.1) is 5.41 Å². The summed E-state index contributed by atoms with van der Waals surface area (Å²) in [6, 6.07) is 10.8. The molecule has 1 aliphatic rings. The number of aryl methyl sites for hydroxylation is 1. The van der Waals surface area contributed by atoms with Gasteiger partial charge in [0.1, 0.15) is 5.82 Å². The predicted octanol–water partition coefficient (Wildman–Crippen LogP) is 4.12. The lowest BCUT2D eigenvalue weighted by molar-refractivity contribution is -0.0434. The highest BCUT2D eigenvalue weighted by Crippen LogP contribution is 2.30. The van der Waals surface area contributed by atoms with Gasteiger partial charge in [-0.1, -0.05) is 30.3 Å². The van der Waals surface area contributed by atoms with Gasteiger partial charge in [-0.2, -0.15) is 0 Å². The van der Waals surface area contributed by atoms with E-state index in [1.54, 1.807) is 6.07 Å². The van der Waals surface area contributed by atoms with Crippen molar-refractivity contribution in [2.24, 2.45) is 0 Å². The number of nitrogens with one attached hydrogen (secondary N) is 4. The molecule has 0 saturated heterocycles. The highest BCUT2D eigenvalue weighted by atomic mass is 16.5. The number of fused-ring (bicyclic) bond motifs is 2. The second kappa shape index (κ2) is 9.05. The van der Waals surface area contributed by atoms with Crippen molar-refractivity contribution in [2.75, 3.05) is 23.8 Å². The van der Waals surface area contributed by atoms with Gasteiger partial charge >= 0.3 is 6.03 Å². The van der Waals surface area contributed by atoms with Crippen molar-refractivity contribution < 1.29 is 9.53 Å². The van der Waals surface area contributed by atoms with Crippen LogP contribution in [0.4, 0.5) is 16.3 Å². The van der Waals surface area contributed by atoms with Gasteiger partial charge in [0.15, 0.2) is 0 Å². The topological polar surface area (TPSA) is 99.1 Å². The van der Waals surface area contributed by atoms with Crippen molar-refractivity contribution in [3.05, 3.63) is 53.2 Å². The molecule has 0 saturated carbocycles. The number of hydrogen-bond donors (Lipinski definition) is 4. The maximum absolute atomic E-state index is 12.8. The van der Waals surface area contributed by atoms with Gasteiger partial charge in [-0.25, -0.2) is 9.78 Å². The summed E-state index contributed by atoms with van der Waals surface area (Å²) in [6.45, 7) is 7.25. The van der Waals surface area contributed by atoms with Crippen molar-refractivity contribution in [3.8, 4) is 0 Å². The van der Waals surface area contributed by atoms with Crippen LogP contribution >= 0.6 is 0 Å². The van der Waals surface area contributed by atoms with E-state index in [2.05, 4.69) is 20.9 Å². The minimum atomic E-state index is -0.594. The van der Waals surface area contributed by atoms with Gasteiger partial charge in [-0.3, -0.25) is 5.32 Å². The van der Waals surface area contributed by atoms with E-state index < -0.39 is 5.60 Å². The van der Waals surface area contributed by atoms with E-state index >= 15 is 0 Å². The molecule has 1 aliphatic heterocycles. The van der Waals surface area contributed by atoms with Gasteiger partial charge in [-0.15, -0.1) is 0 Å². The molecule has 2 bridgehead atoms.